The first-order chi connectivity index (χ1) is 8.47. The molecule has 1 aromatic carbocycles. The molecule has 0 spiro atoms. The standard InChI is InChI=1S/C11H15NOS.CH3NOS/c1-2-3-6-9-7-4-5-8-10(9)13-11(12)14;2-1(3)4/h4-5,7-8H,2-3,6H2,1H3,(H2,12,14);(H3,2,3,4). The van der Waals surface area contributed by atoms with Crippen LogP contribution < -0.4 is 16.2 Å². The van der Waals surface area contributed by atoms with E-state index in [0.717, 1.165) is 18.6 Å². The molecule has 0 atom stereocenters. The molecular formula is C12H18N2O2S2. The zero-order valence-electron chi connectivity index (χ0n) is 10.3. The largest absolute Gasteiger partial charge is 0.432 e. The van der Waals surface area contributed by atoms with Crippen LogP contribution in [0, 0.1) is 0 Å². The molecule has 4 nitrogen and oxygen atoms in total. The fourth-order valence-electron chi connectivity index (χ4n) is 1.29. The number of carbonyl (C=O) groups is 1. The molecule has 0 saturated heterocycles. The first-order valence-corrected chi connectivity index (χ1v) is 6.36. The van der Waals surface area contributed by atoms with Gasteiger partial charge >= 0.3 is 0 Å². The molecule has 0 aliphatic heterocycles. The van der Waals surface area contributed by atoms with Gasteiger partial charge in [-0.2, -0.15) is 0 Å². The molecule has 6 heteroatoms. The number of unbranched alkanes of at least 4 members (excludes halogenated alkanes) is 1. The number of nitrogens with two attached hydrogens (primary N) is 2. The number of amides is 1. The Labute approximate surface area is 118 Å². The molecule has 0 bridgehead atoms. The first kappa shape index (κ1) is 16.7. The van der Waals surface area contributed by atoms with Crippen LogP contribution in [-0.2, 0) is 6.42 Å². The molecule has 0 aliphatic rings. The summed E-state index contributed by atoms with van der Waals surface area (Å²) in [6.07, 6.45) is 3.33. The van der Waals surface area contributed by atoms with E-state index >= 15 is 0 Å². The van der Waals surface area contributed by atoms with Crippen molar-refractivity contribution in [3.05, 3.63) is 29.8 Å². The van der Waals surface area contributed by atoms with Gasteiger partial charge in [-0.05, 0) is 36.7 Å². The van der Waals surface area contributed by atoms with Gasteiger partial charge in [0, 0.05) is 0 Å². The van der Waals surface area contributed by atoms with Gasteiger partial charge in [0.05, 0.1) is 0 Å². The van der Waals surface area contributed by atoms with Gasteiger partial charge in [-0.25, -0.2) is 0 Å². The molecule has 4 N–H and O–H groups in total. The maximum absolute atomic E-state index is 9.09. The molecule has 100 valence electrons. The summed E-state index contributed by atoms with van der Waals surface area (Å²) < 4.78 is 5.25. The van der Waals surface area contributed by atoms with Crippen molar-refractivity contribution in [1.82, 2.24) is 0 Å². The van der Waals surface area contributed by atoms with E-state index in [0.29, 0.717) is 0 Å². The zero-order valence-corrected chi connectivity index (χ0v) is 12.0. The van der Waals surface area contributed by atoms with Crippen molar-refractivity contribution < 1.29 is 9.53 Å². The molecule has 1 aromatic rings. The lowest BCUT2D eigenvalue weighted by atomic mass is 10.1. The average molecular weight is 286 g/mol. The number of carbonyl (C=O) groups excluding carboxylic acids is 1. The van der Waals surface area contributed by atoms with Crippen LogP contribution in [0.4, 0.5) is 4.79 Å². The Bertz CT molecular complexity index is 393. The second-order valence-corrected chi connectivity index (χ2v) is 4.31. The quantitative estimate of drug-likeness (QED) is 0.587. The van der Waals surface area contributed by atoms with E-state index in [-0.39, 0.29) is 5.17 Å². The molecule has 0 fully saturated rings. The third-order valence-corrected chi connectivity index (χ3v) is 2.07. The van der Waals surface area contributed by atoms with E-state index in [2.05, 4.69) is 25.3 Å². The fraction of sp³-hybridized carbons (Fsp3) is 0.333. The highest BCUT2D eigenvalue weighted by atomic mass is 32.1. The number of thiocarbonyl (C=S) groups is 1. The molecule has 0 heterocycles. The van der Waals surface area contributed by atoms with Crippen LogP contribution in [0.5, 0.6) is 5.75 Å². The van der Waals surface area contributed by atoms with Gasteiger partial charge in [0.15, 0.2) is 0 Å². The van der Waals surface area contributed by atoms with Gasteiger partial charge in [-0.3, -0.25) is 4.79 Å². The number of primary amides is 1. The summed E-state index contributed by atoms with van der Waals surface area (Å²) in [5.74, 6) is 0.786. The second-order valence-electron chi connectivity index (χ2n) is 3.47. The Balaban J connectivity index is 0.000000631. The zero-order chi connectivity index (χ0) is 14.0. The Morgan fingerprint density at radius 3 is 2.44 bits per heavy atom. The normalized spacial score (nSPS) is 9.00. The summed E-state index contributed by atoms with van der Waals surface area (Å²) in [5, 5.41) is -0.561. The number of aryl methyl sites for hydroxylation is 1. The number of rotatable bonds is 4. The smallest absolute Gasteiger partial charge is 0.273 e. The van der Waals surface area contributed by atoms with Crippen LogP contribution in [0.1, 0.15) is 25.3 Å². The van der Waals surface area contributed by atoms with Crippen LogP contribution in [0.3, 0.4) is 0 Å². The summed E-state index contributed by atoms with van der Waals surface area (Å²) in [6.45, 7) is 2.16. The van der Waals surface area contributed by atoms with Crippen molar-refractivity contribution in [3.8, 4) is 5.75 Å². The van der Waals surface area contributed by atoms with Gasteiger partial charge in [-0.1, -0.05) is 44.2 Å². The van der Waals surface area contributed by atoms with Crippen LogP contribution in [0.15, 0.2) is 24.3 Å². The van der Waals surface area contributed by atoms with Gasteiger partial charge in [0.25, 0.3) is 10.4 Å². The summed E-state index contributed by atoms with van der Waals surface area (Å²) in [6, 6.07) is 7.86. The molecular weight excluding hydrogens is 268 g/mol. The highest BCUT2D eigenvalue weighted by Gasteiger charge is 2.02. The van der Waals surface area contributed by atoms with E-state index < -0.39 is 5.24 Å². The first-order valence-electron chi connectivity index (χ1n) is 5.51. The third-order valence-electron chi connectivity index (χ3n) is 1.98. The maximum atomic E-state index is 9.09. The van der Waals surface area contributed by atoms with Crippen molar-refractivity contribution in [2.24, 2.45) is 11.5 Å². The molecule has 0 aromatic heterocycles. The molecule has 18 heavy (non-hydrogen) atoms. The van der Waals surface area contributed by atoms with E-state index in [1.807, 2.05) is 24.3 Å². The minimum Gasteiger partial charge on any atom is -0.432 e. The maximum Gasteiger partial charge on any atom is 0.273 e. The van der Waals surface area contributed by atoms with Gasteiger partial charge in [0.2, 0.25) is 0 Å². The SMILES string of the molecule is CCCCc1ccccc1OC(N)=S.NC(=O)S. The summed E-state index contributed by atoms with van der Waals surface area (Å²) in [7, 11) is 0. The minimum atomic E-state index is -0.639. The molecule has 0 radical (unpaired) electrons. The highest BCUT2D eigenvalue weighted by molar-refractivity contribution is 7.96. The summed E-state index contributed by atoms with van der Waals surface area (Å²) in [5.41, 5.74) is 10.8. The second kappa shape index (κ2) is 9.73. The van der Waals surface area contributed by atoms with Gasteiger partial charge in [0.1, 0.15) is 5.75 Å². The fourth-order valence-corrected chi connectivity index (χ4v) is 1.38. The Morgan fingerprint density at radius 2 is 1.94 bits per heavy atom. The van der Waals surface area contributed by atoms with E-state index in [9.17, 15) is 0 Å². The molecule has 0 aliphatic carbocycles. The predicted molar refractivity (Wildman–Crippen MR) is 81.0 cm³/mol. The van der Waals surface area contributed by atoms with Crippen molar-refractivity contribution in [3.63, 3.8) is 0 Å². The highest BCUT2D eigenvalue weighted by Crippen LogP contribution is 2.19. The summed E-state index contributed by atoms with van der Waals surface area (Å²) in [4.78, 5) is 9.09. The number of thiol groups is 1. The minimum absolute atomic E-state index is 0.0777. The average Bonchev–Trinajstić information content (AvgIpc) is 2.26. The Hall–Kier alpha value is -1.27. The van der Waals surface area contributed by atoms with Crippen molar-refractivity contribution >= 4 is 35.3 Å². The van der Waals surface area contributed by atoms with Crippen LogP contribution in [0.25, 0.3) is 0 Å². The number of para-hydroxylation sites is 1. The van der Waals surface area contributed by atoms with Crippen LogP contribution in [-0.4, -0.2) is 10.4 Å². The lowest BCUT2D eigenvalue weighted by Gasteiger charge is -2.08. The Morgan fingerprint density at radius 1 is 1.39 bits per heavy atom. The molecule has 1 amide bonds. The van der Waals surface area contributed by atoms with Crippen LogP contribution >= 0.6 is 24.8 Å². The van der Waals surface area contributed by atoms with E-state index in [1.54, 1.807) is 0 Å². The van der Waals surface area contributed by atoms with Gasteiger partial charge < -0.3 is 16.2 Å². The number of ether oxygens (including phenoxy) is 1. The number of benzene rings is 1. The van der Waals surface area contributed by atoms with E-state index in [1.165, 1.54) is 12.0 Å². The van der Waals surface area contributed by atoms with E-state index in [4.69, 9.17) is 27.5 Å². The van der Waals surface area contributed by atoms with Gasteiger partial charge in [-0.15, -0.1) is 0 Å². The molecule has 0 unspecified atom stereocenters. The van der Waals surface area contributed by atoms with Crippen molar-refractivity contribution in [1.29, 1.82) is 0 Å². The number of hydrogen-bond acceptors (Lipinski definition) is 3. The lowest BCUT2D eigenvalue weighted by Crippen LogP contribution is -2.16. The lowest BCUT2D eigenvalue weighted by molar-refractivity contribution is 0.267. The monoisotopic (exact) mass is 286 g/mol. The number of hydrogen-bond donors (Lipinski definition) is 3. The predicted octanol–water partition coefficient (Wildman–Crippen LogP) is 2.65. The van der Waals surface area contributed by atoms with Crippen molar-refractivity contribution in [2.45, 2.75) is 26.2 Å². The van der Waals surface area contributed by atoms with Crippen LogP contribution in [0.2, 0.25) is 0 Å². The third kappa shape index (κ3) is 8.83. The van der Waals surface area contributed by atoms with Crippen molar-refractivity contribution in [2.75, 3.05) is 0 Å². The topological polar surface area (TPSA) is 78.3 Å². The summed E-state index contributed by atoms with van der Waals surface area (Å²) >= 11 is 7.81. The Kier molecular flexibility index (Phi) is 9.04. The molecule has 1 rings (SSSR count). The molecule has 0 saturated carbocycles.